The fourth-order valence-electron chi connectivity index (χ4n) is 8.83. The van der Waals surface area contributed by atoms with Crippen LogP contribution in [0.5, 0.6) is 0 Å². The molecule has 1 unspecified atom stereocenters. The van der Waals surface area contributed by atoms with Crippen LogP contribution >= 0.6 is 11.3 Å². The van der Waals surface area contributed by atoms with E-state index in [1.165, 1.54) is 97.4 Å². The molecule has 1 heteroatoms. The average Bonchev–Trinajstić information content (AvgIpc) is 3.64. The molecule has 2 aliphatic rings. The Morgan fingerprint density at radius 3 is 1.85 bits per heavy atom. The molecule has 9 aromatic rings. The first-order valence-corrected chi connectivity index (χ1v) is 16.8. The van der Waals surface area contributed by atoms with Crippen molar-refractivity contribution in [2.24, 2.45) is 0 Å². The van der Waals surface area contributed by atoms with Gasteiger partial charge in [0.1, 0.15) is 0 Å². The van der Waals surface area contributed by atoms with Crippen molar-refractivity contribution in [1.29, 1.82) is 0 Å². The molecular weight excluding hydrogens is 573 g/mol. The van der Waals surface area contributed by atoms with Crippen LogP contribution in [0, 0.1) is 0 Å². The second-order valence-electron chi connectivity index (χ2n) is 12.8. The largest absolute Gasteiger partial charge is 0.135 e. The molecule has 0 saturated carbocycles. The molecule has 1 spiro atoms. The van der Waals surface area contributed by atoms with Gasteiger partial charge in [-0.25, -0.2) is 0 Å². The van der Waals surface area contributed by atoms with E-state index in [1.807, 2.05) is 11.3 Å². The Labute approximate surface area is 270 Å². The number of rotatable bonds is 1. The molecule has 0 saturated heterocycles. The van der Waals surface area contributed by atoms with Gasteiger partial charge in [-0.15, -0.1) is 11.3 Å². The van der Waals surface area contributed by atoms with Gasteiger partial charge in [-0.1, -0.05) is 140 Å². The van der Waals surface area contributed by atoms with Crippen LogP contribution in [-0.4, -0.2) is 0 Å². The van der Waals surface area contributed by atoms with E-state index in [1.54, 1.807) is 0 Å². The first-order chi connectivity index (χ1) is 22.8. The van der Waals surface area contributed by atoms with Gasteiger partial charge in [0, 0.05) is 20.2 Å². The lowest BCUT2D eigenvalue weighted by molar-refractivity contribution is 0.774. The Bertz CT molecular complexity index is 2760. The summed E-state index contributed by atoms with van der Waals surface area (Å²) in [7, 11) is 0. The summed E-state index contributed by atoms with van der Waals surface area (Å²) in [4.78, 5) is 0. The number of thiophene rings is 1. The monoisotopic (exact) mass is 598 g/mol. The van der Waals surface area contributed by atoms with Crippen molar-refractivity contribution in [2.75, 3.05) is 0 Å². The molecule has 1 aromatic heterocycles. The van der Waals surface area contributed by atoms with Crippen molar-refractivity contribution in [3.05, 3.63) is 180 Å². The highest BCUT2D eigenvalue weighted by atomic mass is 32.1. The molecule has 0 radical (unpaired) electrons. The van der Waals surface area contributed by atoms with E-state index in [9.17, 15) is 0 Å². The molecule has 1 atom stereocenters. The van der Waals surface area contributed by atoms with E-state index in [0.717, 1.165) is 0 Å². The minimum absolute atomic E-state index is 0.396. The Hall–Kier alpha value is -5.50. The van der Waals surface area contributed by atoms with Gasteiger partial charge in [0.2, 0.25) is 0 Å². The normalized spacial score (nSPS) is 15.9. The Kier molecular flexibility index (Phi) is 4.75. The van der Waals surface area contributed by atoms with Crippen LogP contribution < -0.4 is 0 Å². The van der Waals surface area contributed by atoms with Crippen molar-refractivity contribution in [2.45, 2.75) is 5.41 Å². The van der Waals surface area contributed by atoms with Crippen LogP contribution in [0.15, 0.2) is 158 Å². The van der Waals surface area contributed by atoms with Gasteiger partial charge in [0.05, 0.1) is 5.41 Å². The zero-order valence-corrected chi connectivity index (χ0v) is 25.7. The highest BCUT2D eigenvalue weighted by Gasteiger charge is 2.50. The van der Waals surface area contributed by atoms with Crippen molar-refractivity contribution >= 4 is 53.1 Å². The molecule has 2 aliphatic carbocycles. The fourth-order valence-corrected chi connectivity index (χ4v) is 9.99. The summed E-state index contributed by atoms with van der Waals surface area (Å²) < 4.78 is 2.68. The molecule has 0 bridgehead atoms. The minimum Gasteiger partial charge on any atom is -0.135 e. The molecule has 11 rings (SSSR count). The molecule has 0 amide bonds. The molecule has 1 heterocycles. The summed E-state index contributed by atoms with van der Waals surface area (Å²) in [6.07, 6.45) is 0. The lowest BCUT2D eigenvalue weighted by atomic mass is 9.61. The van der Waals surface area contributed by atoms with Gasteiger partial charge in [-0.2, -0.15) is 0 Å². The summed E-state index contributed by atoms with van der Waals surface area (Å²) in [5.74, 6) is 0. The zero-order chi connectivity index (χ0) is 30.0. The van der Waals surface area contributed by atoms with Crippen LogP contribution in [0.2, 0.25) is 0 Å². The highest BCUT2D eigenvalue weighted by Crippen LogP contribution is 2.62. The van der Waals surface area contributed by atoms with Gasteiger partial charge in [0.15, 0.2) is 0 Å². The van der Waals surface area contributed by atoms with E-state index in [0.29, 0.717) is 0 Å². The minimum atomic E-state index is -0.396. The van der Waals surface area contributed by atoms with Crippen molar-refractivity contribution in [3.8, 4) is 33.4 Å². The SMILES string of the molecule is c1ccc2c(c1)-c1ccc(-c3ccc4c(c3)sc3ccc5ccccc5c34)cc1C21c2ccccc2-c2cccc3cccc1c23. The van der Waals surface area contributed by atoms with Gasteiger partial charge in [-0.3, -0.25) is 0 Å². The third-order valence-electron chi connectivity index (χ3n) is 10.7. The number of benzene rings is 8. The van der Waals surface area contributed by atoms with Gasteiger partial charge >= 0.3 is 0 Å². The molecular formula is C45H26S. The molecule has 8 aromatic carbocycles. The maximum absolute atomic E-state index is 2.50. The smallest absolute Gasteiger partial charge is 0.0725 e. The third-order valence-corrected chi connectivity index (χ3v) is 11.8. The Morgan fingerprint density at radius 1 is 0.348 bits per heavy atom. The van der Waals surface area contributed by atoms with Crippen LogP contribution in [-0.2, 0) is 5.41 Å². The molecule has 212 valence electrons. The van der Waals surface area contributed by atoms with Crippen molar-refractivity contribution in [3.63, 3.8) is 0 Å². The highest BCUT2D eigenvalue weighted by molar-refractivity contribution is 7.26. The first-order valence-electron chi connectivity index (χ1n) is 16.0. The maximum atomic E-state index is 2.50. The number of fused-ring (bicyclic) bond motifs is 14. The van der Waals surface area contributed by atoms with Gasteiger partial charge in [-0.05, 0) is 95.4 Å². The number of hydrogen-bond acceptors (Lipinski definition) is 1. The molecule has 0 nitrogen and oxygen atoms in total. The van der Waals surface area contributed by atoms with Crippen molar-refractivity contribution in [1.82, 2.24) is 0 Å². The second kappa shape index (κ2) is 8.81. The standard InChI is InChI=1S/C45H26S/c1-2-12-31-27(9-1)21-24-41-44(31)36-23-20-30(26-42(36)46-41)29-19-22-34-32-13-3-5-16-37(32)45(40(34)25-29)38-17-6-4-14-33(38)35-15-7-10-28-11-8-18-39(45)43(28)35/h1-26H. The van der Waals surface area contributed by atoms with Crippen LogP contribution in [0.4, 0.5) is 0 Å². The lowest BCUT2D eigenvalue weighted by Crippen LogP contribution is -2.31. The summed E-state index contributed by atoms with van der Waals surface area (Å²) in [5.41, 5.74) is 13.0. The quantitative estimate of drug-likeness (QED) is 0.176. The summed E-state index contributed by atoms with van der Waals surface area (Å²) in [5, 5.41) is 8.02. The van der Waals surface area contributed by atoms with Gasteiger partial charge < -0.3 is 0 Å². The van der Waals surface area contributed by atoms with Crippen LogP contribution in [0.3, 0.4) is 0 Å². The van der Waals surface area contributed by atoms with Crippen molar-refractivity contribution < 1.29 is 0 Å². The maximum Gasteiger partial charge on any atom is 0.0725 e. The Balaban J connectivity index is 1.21. The zero-order valence-electron chi connectivity index (χ0n) is 24.9. The topological polar surface area (TPSA) is 0 Å². The second-order valence-corrected chi connectivity index (χ2v) is 13.9. The first kappa shape index (κ1) is 24.8. The van der Waals surface area contributed by atoms with E-state index in [-0.39, 0.29) is 0 Å². The predicted molar refractivity (Wildman–Crippen MR) is 196 cm³/mol. The summed E-state index contributed by atoms with van der Waals surface area (Å²) in [6.45, 7) is 0. The molecule has 46 heavy (non-hydrogen) atoms. The average molecular weight is 599 g/mol. The fraction of sp³-hybridized carbons (Fsp3) is 0.0222. The number of hydrogen-bond donors (Lipinski definition) is 0. The summed E-state index contributed by atoms with van der Waals surface area (Å²) >= 11 is 1.90. The molecule has 0 fully saturated rings. The Morgan fingerprint density at radius 2 is 0.978 bits per heavy atom. The van der Waals surface area contributed by atoms with Crippen LogP contribution in [0.1, 0.15) is 22.3 Å². The predicted octanol–water partition coefficient (Wildman–Crippen LogP) is 12.4. The van der Waals surface area contributed by atoms with Crippen LogP contribution in [0.25, 0.3) is 75.1 Å². The lowest BCUT2D eigenvalue weighted by Gasteiger charge is -2.40. The van der Waals surface area contributed by atoms with Gasteiger partial charge in [0.25, 0.3) is 0 Å². The van der Waals surface area contributed by atoms with E-state index in [2.05, 4.69) is 158 Å². The molecule has 0 aliphatic heterocycles. The van der Waals surface area contributed by atoms with E-state index >= 15 is 0 Å². The van der Waals surface area contributed by atoms with E-state index < -0.39 is 5.41 Å². The van der Waals surface area contributed by atoms with E-state index in [4.69, 9.17) is 0 Å². The third kappa shape index (κ3) is 2.99. The summed E-state index contributed by atoms with van der Waals surface area (Å²) in [6, 6.07) is 59.5. The molecule has 0 N–H and O–H groups in total.